The van der Waals surface area contributed by atoms with Crippen molar-refractivity contribution in [2.24, 2.45) is 5.41 Å². The molecule has 2 N–H and O–H groups in total. The van der Waals surface area contributed by atoms with Crippen LogP contribution in [-0.4, -0.2) is 16.2 Å². The van der Waals surface area contributed by atoms with Crippen LogP contribution in [-0.2, 0) is 4.79 Å². The first-order valence-corrected chi connectivity index (χ1v) is 4.41. The molecule has 0 amide bonds. The third-order valence-electron chi connectivity index (χ3n) is 1.25. The molecule has 0 aliphatic heterocycles. The number of aliphatic hydroxyl groups excluding tert-OH is 1. The topological polar surface area (TPSA) is 57.5 Å². The SMILES string of the molecule is C=CCC=C(O)C(C)(C)C.CC(=O)O. The van der Waals surface area contributed by atoms with Gasteiger partial charge in [0.25, 0.3) is 5.97 Å². The summed E-state index contributed by atoms with van der Waals surface area (Å²) in [4.78, 5) is 9.00. The molecule has 0 bridgehead atoms. The van der Waals surface area contributed by atoms with Crippen molar-refractivity contribution >= 4 is 5.97 Å². The van der Waals surface area contributed by atoms with Crippen LogP contribution < -0.4 is 0 Å². The average molecular weight is 200 g/mol. The summed E-state index contributed by atoms with van der Waals surface area (Å²) in [5.74, 6) is -0.396. The molecular weight excluding hydrogens is 180 g/mol. The van der Waals surface area contributed by atoms with E-state index in [1.54, 1.807) is 12.2 Å². The number of carboxylic acid groups (broad SMARTS) is 1. The molecule has 0 fully saturated rings. The molecule has 0 radical (unpaired) electrons. The maximum absolute atomic E-state index is 9.33. The smallest absolute Gasteiger partial charge is 0.300 e. The van der Waals surface area contributed by atoms with Crippen LogP contribution in [0.1, 0.15) is 34.1 Å². The van der Waals surface area contributed by atoms with Crippen LogP contribution in [0.25, 0.3) is 0 Å². The van der Waals surface area contributed by atoms with Gasteiger partial charge in [0.2, 0.25) is 0 Å². The van der Waals surface area contributed by atoms with Gasteiger partial charge in [0.15, 0.2) is 0 Å². The zero-order chi connectivity index (χ0) is 11.8. The molecule has 0 aromatic carbocycles. The minimum atomic E-state index is -0.833. The molecule has 0 aromatic rings. The third-order valence-corrected chi connectivity index (χ3v) is 1.25. The Balaban J connectivity index is 0. The van der Waals surface area contributed by atoms with Crippen LogP contribution in [0, 0.1) is 5.41 Å². The van der Waals surface area contributed by atoms with E-state index in [0.29, 0.717) is 5.76 Å². The molecule has 3 nitrogen and oxygen atoms in total. The number of carbonyl (C=O) groups is 1. The lowest BCUT2D eigenvalue weighted by molar-refractivity contribution is -0.134. The van der Waals surface area contributed by atoms with Gasteiger partial charge in [0, 0.05) is 12.3 Å². The molecule has 82 valence electrons. The van der Waals surface area contributed by atoms with Gasteiger partial charge in [-0.3, -0.25) is 4.79 Å². The summed E-state index contributed by atoms with van der Waals surface area (Å²) in [7, 11) is 0. The van der Waals surface area contributed by atoms with Gasteiger partial charge in [-0.1, -0.05) is 26.8 Å². The summed E-state index contributed by atoms with van der Waals surface area (Å²) in [5, 5.41) is 16.7. The van der Waals surface area contributed by atoms with Gasteiger partial charge < -0.3 is 10.2 Å². The molecule has 0 saturated heterocycles. The highest BCUT2D eigenvalue weighted by molar-refractivity contribution is 5.62. The van der Waals surface area contributed by atoms with Crippen molar-refractivity contribution in [3.63, 3.8) is 0 Å². The number of allylic oxidation sites excluding steroid dienone is 3. The Hall–Kier alpha value is -1.25. The fraction of sp³-hybridized carbons (Fsp3) is 0.545. The molecule has 0 spiro atoms. The van der Waals surface area contributed by atoms with E-state index >= 15 is 0 Å². The van der Waals surface area contributed by atoms with Crippen molar-refractivity contribution in [2.45, 2.75) is 34.1 Å². The van der Waals surface area contributed by atoms with Gasteiger partial charge in [0.05, 0.1) is 5.76 Å². The number of rotatable bonds is 2. The van der Waals surface area contributed by atoms with Gasteiger partial charge in [-0.05, 0) is 12.5 Å². The zero-order valence-corrected chi connectivity index (χ0v) is 9.37. The number of hydrogen-bond donors (Lipinski definition) is 2. The zero-order valence-electron chi connectivity index (χ0n) is 9.37. The van der Waals surface area contributed by atoms with E-state index < -0.39 is 5.97 Å². The molecular formula is C11H20O3. The Morgan fingerprint density at radius 2 is 1.71 bits per heavy atom. The van der Waals surface area contributed by atoms with Crippen LogP contribution in [0.5, 0.6) is 0 Å². The first-order valence-electron chi connectivity index (χ1n) is 4.41. The monoisotopic (exact) mass is 200 g/mol. The second-order valence-electron chi connectivity index (χ2n) is 3.88. The predicted molar refractivity (Wildman–Crippen MR) is 58.3 cm³/mol. The maximum atomic E-state index is 9.33. The van der Waals surface area contributed by atoms with Crippen LogP contribution >= 0.6 is 0 Å². The van der Waals surface area contributed by atoms with E-state index in [1.807, 2.05) is 20.8 Å². The van der Waals surface area contributed by atoms with E-state index in [9.17, 15) is 5.11 Å². The van der Waals surface area contributed by atoms with E-state index in [-0.39, 0.29) is 5.41 Å². The second-order valence-corrected chi connectivity index (χ2v) is 3.88. The molecule has 0 atom stereocenters. The Morgan fingerprint density at radius 3 is 1.93 bits per heavy atom. The molecule has 0 aromatic heterocycles. The van der Waals surface area contributed by atoms with E-state index in [0.717, 1.165) is 13.3 Å². The quantitative estimate of drug-likeness (QED) is 0.531. The summed E-state index contributed by atoms with van der Waals surface area (Å²) in [6, 6.07) is 0. The highest BCUT2D eigenvalue weighted by atomic mass is 16.4. The lowest BCUT2D eigenvalue weighted by atomic mass is 9.93. The minimum absolute atomic E-state index is 0.122. The van der Waals surface area contributed by atoms with Gasteiger partial charge in [-0.2, -0.15) is 0 Å². The highest BCUT2D eigenvalue weighted by Gasteiger charge is 2.14. The highest BCUT2D eigenvalue weighted by Crippen LogP contribution is 2.22. The standard InChI is InChI=1S/C9H16O.C2H4O2/c1-5-6-7-8(10)9(2,3)4;1-2(3)4/h5,7,10H,1,6H2,2-4H3;1H3,(H,3,4). The molecule has 3 heteroatoms. The Kier molecular flexibility index (Phi) is 7.81. The van der Waals surface area contributed by atoms with Crippen molar-refractivity contribution in [3.05, 3.63) is 24.5 Å². The molecule has 0 unspecified atom stereocenters. The van der Waals surface area contributed by atoms with Gasteiger partial charge in [-0.15, -0.1) is 6.58 Å². The first kappa shape index (κ1) is 15.2. The van der Waals surface area contributed by atoms with Crippen LogP contribution in [0.4, 0.5) is 0 Å². The van der Waals surface area contributed by atoms with E-state index in [4.69, 9.17) is 9.90 Å². The summed E-state index contributed by atoms with van der Waals surface area (Å²) in [6.45, 7) is 10.6. The molecule has 0 rings (SSSR count). The molecule has 0 aliphatic carbocycles. The van der Waals surface area contributed by atoms with Crippen molar-refractivity contribution in [2.75, 3.05) is 0 Å². The second kappa shape index (κ2) is 7.18. The maximum Gasteiger partial charge on any atom is 0.300 e. The molecule has 0 aliphatic rings. The van der Waals surface area contributed by atoms with Gasteiger partial charge in [-0.25, -0.2) is 0 Å². The average Bonchev–Trinajstić information content (AvgIpc) is 1.97. The fourth-order valence-corrected chi connectivity index (χ4v) is 0.501. The fourth-order valence-electron chi connectivity index (χ4n) is 0.501. The van der Waals surface area contributed by atoms with Gasteiger partial charge in [0.1, 0.15) is 0 Å². The number of aliphatic carboxylic acids is 1. The predicted octanol–water partition coefficient (Wildman–Crippen LogP) is 3.14. The lowest BCUT2D eigenvalue weighted by Gasteiger charge is -2.16. The van der Waals surface area contributed by atoms with Crippen LogP contribution in [0.2, 0.25) is 0 Å². The molecule has 0 heterocycles. The van der Waals surface area contributed by atoms with Crippen LogP contribution in [0.15, 0.2) is 24.5 Å². The van der Waals surface area contributed by atoms with Gasteiger partial charge >= 0.3 is 0 Å². The molecule has 0 saturated carbocycles. The Morgan fingerprint density at radius 1 is 1.36 bits per heavy atom. The van der Waals surface area contributed by atoms with E-state index in [1.165, 1.54) is 0 Å². The van der Waals surface area contributed by atoms with Crippen molar-refractivity contribution < 1.29 is 15.0 Å². The van der Waals surface area contributed by atoms with Crippen molar-refractivity contribution in [1.29, 1.82) is 0 Å². The number of aliphatic hydroxyl groups is 1. The van der Waals surface area contributed by atoms with E-state index in [2.05, 4.69) is 6.58 Å². The summed E-state index contributed by atoms with van der Waals surface area (Å²) in [6.07, 6.45) is 4.29. The van der Waals surface area contributed by atoms with Crippen molar-refractivity contribution in [3.8, 4) is 0 Å². The Labute approximate surface area is 85.8 Å². The third kappa shape index (κ3) is 13.3. The summed E-state index contributed by atoms with van der Waals surface area (Å²) < 4.78 is 0. The first-order chi connectivity index (χ1) is 6.21. The molecule has 14 heavy (non-hydrogen) atoms. The summed E-state index contributed by atoms with van der Waals surface area (Å²) in [5.41, 5.74) is -0.122. The number of carboxylic acids is 1. The number of hydrogen-bond acceptors (Lipinski definition) is 2. The van der Waals surface area contributed by atoms with Crippen LogP contribution in [0.3, 0.4) is 0 Å². The largest absolute Gasteiger partial charge is 0.512 e. The summed E-state index contributed by atoms with van der Waals surface area (Å²) >= 11 is 0. The normalized spacial score (nSPS) is 11.3. The minimum Gasteiger partial charge on any atom is -0.512 e. The Bertz CT molecular complexity index is 205. The van der Waals surface area contributed by atoms with Crippen molar-refractivity contribution in [1.82, 2.24) is 0 Å². The lowest BCUT2D eigenvalue weighted by Crippen LogP contribution is -2.08.